The Labute approximate surface area is 135 Å². The molecular formula is C16H22N4O3. The highest BCUT2D eigenvalue weighted by molar-refractivity contribution is 5.97. The first-order chi connectivity index (χ1) is 11.0. The molecule has 1 aromatic carbocycles. The van der Waals surface area contributed by atoms with Gasteiger partial charge in [0.05, 0.1) is 0 Å². The minimum atomic E-state index is -0.311. The van der Waals surface area contributed by atoms with Crippen LogP contribution < -0.4 is 16.0 Å². The number of urea groups is 1. The number of rotatable bonds is 3. The molecule has 0 spiro atoms. The van der Waals surface area contributed by atoms with Gasteiger partial charge in [-0.3, -0.25) is 9.59 Å². The van der Waals surface area contributed by atoms with Gasteiger partial charge in [0.2, 0.25) is 5.91 Å². The van der Waals surface area contributed by atoms with Crippen LogP contribution in [-0.2, 0) is 4.79 Å². The van der Waals surface area contributed by atoms with E-state index in [-0.39, 0.29) is 23.9 Å². The van der Waals surface area contributed by atoms with Crippen molar-refractivity contribution in [2.24, 2.45) is 0 Å². The smallest absolute Gasteiger partial charge is 0.319 e. The Morgan fingerprint density at radius 2 is 2.04 bits per heavy atom. The summed E-state index contributed by atoms with van der Waals surface area (Å²) in [4.78, 5) is 37.2. The number of nitrogens with zero attached hydrogens (tertiary/aromatic N) is 1. The monoisotopic (exact) mass is 318 g/mol. The summed E-state index contributed by atoms with van der Waals surface area (Å²) in [6.07, 6.45) is 0.306. The molecule has 0 radical (unpaired) electrons. The number of benzene rings is 1. The highest BCUT2D eigenvalue weighted by Gasteiger charge is 2.20. The Bertz CT molecular complexity index is 601. The molecule has 1 aliphatic rings. The van der Waals surface area contributed by atoms with Crippen molar-refractivity contribution >= 4 is 23.5 Å². The van der Waals surface area contributed by atoms with Gasteiger partial charge in [-0.1, -0.05) is 6.07 Å². The fourth-order valence-electron chi connectivity index (χ4n) is 2.31. The summed E-state index contributed by atoms with van der Waals surface area (Å²) in [6.45, 7) is 5.08. The van der Waals surface area contributed by atoms with E-state index in [0.29, 0.717) is 37.3 Å². The maximum Gasteiger partial charge on any atom is 0.319 e. The van der Waals surface area contributed by atoms with E-state index in [0.717, 1.165) is 0 Å². The molecule has 4 amide bonds. The van der Waals surface area contributed by atoms with Crippen molar-refractivity contribution in [2.75, 3.05) is 25.0 Å². The second kappa shape index (κ2) is 7.62. The van der Waals surface area contributed by atoms with Crippen LogP contribution in [-0.4, -0.2) is 48.4 Å². The zero-order chi connectivity index (χ0) is 16.8. The summed E-state index contributed by atoms with van der Waals surface area (Å²) in [5.74, 6) is -0.185. The molecule has 0 aromatic heterocycles. The molecule has 1 heterocycles. The van der Waals surface area contributed by atoms with Crippen LogP contribution in [0.5, 0.6) is 0 Å². The number of carbonyl (C=O) groups is 3. The van der Waals surface area contributed by atoms with Crippen molar-refractivity contribution in [1.82, 2.24) is 15.5 Å². The summed E-state index contributed by atoms with van der Waals surface area (Å²) >= 11 is 0. The third-order valence-electron chi connectivity index (χ3n) is 3.39. The van der Waals surface area contributed by atoms with Crippen molar-refractivity contribution in [2.45, 2.75) is 26.3 Å². The van der Waals surface area contributed by atoms with E-state index in [2.05, 4.69) is 16.0 Å². The second-order valence-electron chi connectivity index (χ2n) is 5.73. The van der Waals surface area contributed by atoms with Gasteiger partial charge in [0.15, 0.2) is 0 Å². The van der Waals surface area contributed by atoms with E-state index in [1.165, 1.54) is 0 Å². The molecular weight excluding hydrogens is 296 g/mol. The van der Waals surface area contributed by atoms with E-state index in [9.17, 15) is 14.4 Å². The Kier molecular flexibility index (Phi) is 5.56. The van der Waals surface area contributed by atoms with Gasteiger partial charge in [0, 0.05) is 43.3 Å². The predicted molar refractivity (Wildman–Crippen MR) is 87.3 cm³/mol. The highest BCUT2D eigenvalue weighted by atomic mass is 16.2. The van der Waals surface area contributed by atoms with Crippen LogP contribution >= 0.6 is 0 Å². The van der Waals surface area contributed by atoms with Crippen LogP contribution in [0.1, 0.15) is 30.6 Å². The van der Waals surface area contributed by atoms with Crippen molar-refractivity contribution in [3.63, 3.8) is 0 Å². The minimum absolute atomic E-state index is 0.0296. The largest absolute Gasteiger partial charge is 0.354 e. The molecule has 7 heteroatoms. The molecule has 124 valence electrons. The van der Waals surface area contributed by atoms with Crippen molar-refractivity contribution in [1.29, 1.82) is 0 Å². The Hall–Kier alpha value is -2.57. The van der Waals surface area contributed by atoms with E-state index >= 15 is 0 Å². The lowest BCUT2D eigenvalue weighted by atomic mass is 10.1. The van der Waals surface area contributed by atoms with Gasteiger partial charge < -0.3 is 20.9 Å². The Morgan fingerprint density at radius 3 is 2.78 bits per heavy atom. The van der Waals surface area contributed by atoms with Gasteiger partial charge >= 0.3 is 6.03 Å². The topological polar surface area (TPSA) is 90.5 Å². The molecule has 23 heavy (non-hydrogen) atoms. The lowest BCUT2D eigenvalue weighted by molar-refractivity contribution is -0.120. The van der Waals surface area contributed by atoms with Gasteiger partial charge in [-0.15, -0.1) is 0 Å². The molecule has 3 N–H and O–H groups in total. The second-order valence-corrected chi connectivity index (χ2v) is 5.73. The van der Waals surface area contributed by atoms with E-state index < -0.39 is 0 Å². The summed E-state index contributed by atoms with van der Waals surface area (Å²) in [5.41, 5.74) is 1.04. The van der Waals surface area contributed by atoms with Crippen LogP contribution in [0.2, 0.25) is 0 Å². The maximum absolute atomic E-state index is 12.5. The average molecular weight is 318 g/mol. The van der Waals surface area contributed by atoms with Crippen molar-refractivity contribution < 1.29 is 14.4 Å². The van der Waals surface area contributed by atoms with Crippen LogP contribution in [0.4, 0.5) is 10.5 Å². The maximum atomic E-state index is 12.5. The molecule has 1 saturated heterocycles. The third kappa shape index (κ3) is 4.98. The number of nitrogens with one attached hydrogen (secondary N) is 3. The number of hydrogen-bond donors (Lipinski definition) is 3. The minimum Gasteiger partial charge on any atom is -0.354 e. The third-order valence-corrected chi connectivity index (χ3v) is 3.39. The SMILES string of the molecule is CC(C)NC(=O)Nc1cccc(C(=O)N2CCNC(=O)CC2)c1. The molecule has 0 saturated carbocycles. The fourth-order valence-corrected chi connectivity index (χ4v) is 2.31. The molecule has 1 fully saturated rings. The average Bonchev–Trinajstić information content (AvgIpc) is 2.70. The molecule has 0 atom stereocenters. The highest BCUT2D eigenvalue weighted by Crippen LogP contribution is 2.13. The Morgan fingerprint density at radius 1 is 1.26 bits per heavy atom. The van der Waals surface area contributed by atoms with E-state index in [1.54, 1.807) is 29.2 Å². The molecule has 2 rings (SSSR count). The summed E-state index contributed by atoms with van der Waals surface area (Å²) in [7, 11) is 0. The van der Waals surface area contributed by atoms with Crippen molar-refractivity contribution in [3.8, 4) is 0 Å². The molecule has 1 aromatic rings. The van der Waals surface area contributed by atoms with Gasteiger partial charge in [-0.25, -0.2) is 4.79 Å². The molecule has 0 unspecified atom stereocenters. The first kappa shape index (κ1) is 16.8. The summed E-state index contributed by atoms with van der Waals surface area (Å²) in [6, 6.07) is 6.51. The standard InChI is InChI=1S/C16H22N4O3/c1-11(2)18-16(23)19-13-5-3-4-12(10-13)15(22)20-8-6-14(21)17-7-9-20/h3-5,10-11H,6-9H2,1-2H3,(H,17,21)(H2,18,19,23). The van der Waals surface area contributed by atoms with Gasteiger partial charge in [0.25, 0.3) is 5.91 Å². The summed E-state index contributed by atoms with van der Waals surface area (Å²) in [5, 5.41) is 8.17. The van der Waals surface area contributed by atoms with Gasteiger partial charge in [-0.05, 0) is 32.0 Å². The lowest BCUT2D eigenvalue weighted by Gasteiger charge is -2.20. The van der Waals surface area contributed by atoms with Crippen LogP contribution in [0.15, 0.2) is 24.3 Å². The first-order valence-corrected chi connectivity index (χ1v) is 7.69. The number of hydrogen-bond acceptors (Lipinski definition) is 3. The summed E-state index contributed by atoms with van der Waals surface area (Å²) < 4.78 is 0. The van der Waals surface area contributed by atoms with Crippen LogP contribution in [0, 0.1) is 0 Å². The van der Waals surface area contributed by atoms with E-state index in [4.69, 9.17) is 0 Å². The predicted octanol–water partition coefficient (Wildman–Crippen LogP) is 1.18. The van der Waals surface area contributed by atoms with Gasteiger partial charge in [0.1, 0.15) is 0 Å². The molecule has 1 aliphatic heterocycles. The molecule has 0 aliphatic carbocycles. The quantitative estimate of drug-likeness (QED) is 0.781. The number of anilines is 1. The zero-order valence-corrected chi connectivity index (χ0v) is 13.4. The number of amides is 4. The fraction of sp³-hybridized carbons (Fsp3) is 0.438. The Balaban J connectivity index is 2.04. The lowest BCUT2D eigenvalue weighted by Crippen LogP contribution is -2.35. The first-order valence-electron chi connectivity index (χ1n) is 7.69. The van der Waals surface area contributed by atoms with Crippen LogP contribution in [0.25, 0.3) is 0 Å². The molecule has 0 bridgehead atoms. The van der Waals surface area contributed by atoms with Crippen molar-refractivity contribution in [3.05, 3.63) is 29.8 Å². The van der Waals surface area contributed by atoms with E-state index in [1.807, 2.05) is 13.8 Å². The van der Waals surface area contributed by atoms with Crippen LogP contribution in [0.3, 0.4) is 0 Å². The normalized spacial score (nSPS) is 14.9. The zero-order valence-electron chi connectivity index (χ0n) is 13.4. The van der Waals surface area contributed by atoms with Gasteiger partial charge in [-0.2, -0.15) is 0 Å². The number of carbonyl (C=O) groups excluding carboxylic acids is 3. The molecule has 7 nitrogen and oxygen atoms in total.